The molecule has 0 bridgehead atoms. The smallest absolute Gasteiger partial charge is 0.196 e. The topological polar surface area (TPSA) is 30.7 Å². The van der Waals surface area contributed by atoms with Crippen molar-refractivity contribution < 1.29 is 0 Å². The average Bonchev–Trinajstić information content (AvgIpc) is 2.96. The van der Waals surface area contributed by atoms with E-state index in [1.54, 1.807) is 18.1 Å². The van der Waals surface area contributed by atoms with Crippen LogP contribution >= 0.6 is 23.4 Å². The standard InChI is InChI=1S/C17H16ClN3S/c1-12-7-3-6-10-16(12)21-11-19-20-17(21)22-13(2)14-8-4-5-9-15(14)18/h3-11,13H,1-2H3/t13-/m0/s1. The molecule has 3 nitrogen and oxygen atoms in total. The molecule has 1 atom stereocenters. The molecular weight excluding hydrogens is 314 g/mol. The van der Waals surface area contributed by atoms with Gasteiger partial charge in [0.2, 0.25) is 0 Å². The second-order valence-electron chi connectivity index (χ2n) is 5.05. The van der Waals surface area contributed by atoms with Gasteiger partial charge in [-0.25, -0.2) is 0 Å². The summed E-state index contributed by atoms with van der Waals surface area (Å²) in [6, 6.07) is 16.1. The quantitative estimate of drug-likeness (QED) is 0.625. The Bertz CT molecular complexity index is 785. The number of hydrogen-bond donors (Lipinski definition) is 0. The molecule has 0 aliphatic carbocycles. The number of halogens is 1. The maximum Gasteiger partial charge on any atom is 0.196 e. The van der Waals surface area contributed by atoms with Crippen LogP contribution in [0.25, 0.3) is 5.69 Å². The van der Waals surface area contributed by atoms with E-state index in [2.05, 4.69) is 42.2 Å². The van der Waals surface area contributed by atoms with Crippen LogP contribution in [0.4, 0.5) is 0 Å². The number of hydrogen-bond acceptors (Lipinski definition) is 3. The molecular formula is C17H16ClN3S. The van der Waals surface area contributed by atoms with Gasteiger partial charge in [0.05, 0.1) is 5.69 Å². The Kier molecular flexibility index (Phi) is 4.50. The van der Waals surface area contributed by atoms with E-state index in [0.29, 0.717) is 0 Å². The summed E-state index contributed by atoms with van der Waals surface area (Å²) in [6.45, 7) is 4.21. The molecule has 0 fully saturated rings. The first-order chi connectivity index (χ1) is 10.7. The normalized spacial score (nSPS) is 12.3. The molecule has 3 aromatic rings. The zero-order chi connectivity index (χ0) is 15.5. The van der Waals surface area contributed by atoms with E-state index in [1.807, 2.05) is 34.9 Å². The van der Waals surface area contributed by atoms with Crippen LogP contribution in [0.3, 0.4) is 0 Å². The molecule has 0 amide bonds. The zero-order valence-electron chi connectivity index (χ0n) is 12.4. The molecule has 112 valence electrons. The molecule has 0 aliphatic rings. The second-order valence-corrected chi connectivity index (χ2v) is 6.77. The van der Waals surface area contributed by atoms with Gasteiger partial charge in [-0.15, -0.1) is 10.2 Å². The van der Waals surface area contributed by atoms with E-state index in [9.17, 15) is 0 Å². The Balaban J connectivity index is 1.90. The molecule has 1 aromatic heterocycles. The Morgan fingerprint density at radius 2 is 1.82 bits per heavy atom. The largest absolute Gasteiger partial charge is 0.276 e. The summed E-state index contributed by atoms with van der Waals surface area (Å²) in [5.74, 6) is 0. The number of aromatic nitrogens is 3. The summed E-state index contributed by atoms with van der Waals surface area (Å²) in [4.78, 5) is 0. The van der Waals surface area contributed by atoms with Crippen LogP contribution in [0.5, 0.6) is 0 Å². The van der Waals surface area contributed by atoms with Gasteiger partial charge in [0.15, 0.2) is 5.16 Å². The first kappa shape index (κ1) is 15.1. The van der Waals surface area contributed by atoms with Crippen molar-refractivity contribution in [3.8, 4) is 5.69 Å². The summed E-state index contributed by atoms with van der Waals surface area (Å²) < 4.78 is 2.02. The predicted octanol–water partition coefficient (Wildman–Crippen LogP) is 5.08. The summed E-state index contributed by atoms with van der Waals surface area (Å²) in [6.07, 6.45) is 1.75. The van der Waals surface area contributed by atoms with Crippen LogP contribution in [-0.2, 0) is 0 Å². The average molecular weight is 330 g/mol. The molecule has 2 aromatic carbocycles. The van der Waals surface area contributed by atoms with Crippen molar-refractivity contribution in [2.24, 2.45) is 0 Å². The highest BCUT2D eigenvalue weighted by Gasteiger charge is 2.16. The van der Waals surface area contributed by atoms with Crippen molar-refractivity contribution in [1.82, 2.24) is 14.8 Å². The Morgan fingerprint density at radius 3 is 2.59 bits per heavy atom. The molecule has 0 saturated carbocycles. The van der Waals surface area contributed by atoms with Gasteiger partial charge in [0.25, 0.3) is 0 Å². The first-order valence-electron chi connectivity index (χ1n) is 7.04. The molecule has 3 rings (SSSR count). The summed E-state index contributed by atoms with van der Waals surface area (Å²) >= 11 is 7.94. The number of nitrogens with zero attached hydrogens (tertiary/aromatic N) is 3. The van der Waals surface area contributed by atoms with Gasteiger partial charge >= 0.3 is 0 Å². The van der Waals surface area contributed by atoms with Crippen molar-refractivity contribution in [2.45, 2.75) is 24.3 Å². The maximum absolute atomic E-state index is 6.29. The molecule has 5 heteroatoms. The van der Waals surface area contributed by atoms with Crippen molar-refractivity contribution in [3.63, 3.8) is 0 Å². The van der Waals surface area contributed by atoms with Crippen LogP contribution in [0.2, 0.25) is 5.02 Å². The van der Waals surface area contributed by atoms with E-state index in [-0.39, 0.29) is 5.25 Å². The minimum absolute atomic E-state index is 0.195. The van der Waals surface area contributed by atoms with E-state index < -0.39 is 0 Å². The second kappa shape index (κ2) is 6.55. The van der Waals surface area contributed by atoms with Crippen molar-refractivity contribution in [3.05, 3.63) is 71.0 Å². The Hall–Kier alpha value is -1.78. The third-order valence-electron chi connectivity index (χ3n) is 3.52. The SMILES string of the molecule is Cc1ccccc1-n1cnnc1S[C@@H](C)c1ccccc1Cl. The fourth-order valence-corrected chi connectivity index (χ4v) is 3.70. The molecule has 0 spiro atoms. The molecule has 1 heterocycles. The zero-order valence-corrected chi connectivity index (χ0v) is 14.0. The third kappa shape index (κ3) is 3.03. The number of rotatable bonds is 4. The van der Waals surface area contributed by atoms with Crippen molar-refractivity contribution >= 4 is 23.4 Å². The van der Waals surface area contributed by atoms with Crippen LogP contribution in [0, 0.1) is 6.92 Å². The van der Waals surface area contributed by atoms with Gasteiger partial charge in [-0.1, -0.05) is 59.8 Å². The van der Waals surface area contributed by atoms with Crippen LogP contribution in [-0.4, -0.2) is 14.8 Å². The van der Waals surface area contributed by atoms with Gasteiger partial charge in [-0.3, -0.25) is 4.57 Å². The monoisotopic (exact) mass is 329 g/mol. The summed E-state index contributed by atoms with van der Waals surface area (Å²) in [7, 11) is 0. The molecule has 0 saturated heterocycles. The maximum atomic E-state index is 6.29. The molecule has 0 unspecified atom stereocenters. The lowest BCUT2D eigenvalue weighted by atomic mass is 10.2. The van der Waals surface area contributed by atoms with E-state index in [4.69, 9.17) is 11.6 Å². The highest BCUT2D eigenvalue weighted by Crippen LogP contribution is 2.37. The van der Waals surface area contributed by atoms with Gasteiger partial charge in [0.1, 0.15) is 6.33 Å². The first-order valence-corrected chi connectivity index (χ1v) is 8.29. The van der Waals surface area contributed by atoms with E-state index in [0.717, 1.165) is 21.4 Å². The van der Waals surface area contributed by atoms with E-state index >= 15 is 0 Å². The predicted molar refractivity (Wildman–Crippen MR) is 91.8 cm³/mol. The van der Waals surface area contributed by atoms with Crippen LogP contribution in [0.15, 0.2) is 60.0 Å². The number of aryl methyl sites for hydroxylation is 1. The van der Waals surface area contributed by atoms with E-state index in [1.165, 1.54) is 5.56 Å². The van der Waals surface area contributed by atoms with Crippen molar-refractivity contribution in [2.75, 3.05) is 0 Å². The Labute approximate surface area is 139 Å². The highest BCUT2D eigenvalue weighted by atomic mass is 35.5. The van der Waals surface area contributed by atoms with Gasteiger partial charge in [-0.05, 0) is 37.1 Å². The minimum atomic E-state index is 0.195. The lowest BCUT2D eigenvalue weighted by Crippen LogP contribution is -1.99. The lowest BCUT2D eigenvalue weighted by molar-refractivity contribution is 0.871. The third-order valence-corrected chi connectivity index (χ3v) is 4.96. The molecule has 0 N–H and O–H groups in total. The molecule has 0 radical (unpaired) electrons. The molecule has 22 heavy (non-hydrogen) atoms. The summed E-state index contributed by atoms with van der Waals surface area (Å²) in [5, 5.41) is 10.2. The highest BCUT2D eigenvalue weighted by molar-refractivity contribution is 7.99. The number of para-hydroxylation sites is 1. The molecule has 0 aliphatic heterocycles. The summed E-state index contributed by atoms with van der Waals surface area (Å²) in [5.41, 5.74) is 3.39. The van der Waals surface area contributed by atoms with Crippen molar-refractivity contribution in [1.29, 1.82) is 0 Å². The fraction of sp³-hybridized carbons (Fsp3) is 0.176. The fourth-order valence-electron chi connectivity index (χ4n) is 2.33. The van der Waals surface area contributed by atoms with Gasteiger partial charge in [-0.2, -0.15) is 0 Å². The number of benzene rings is 2. The van der Waals surface area contributed by atoms with Gasteiger partial charge < -0.3 is 0 Å². The minimum Gasteiger partial charge on any atom is -0.276 e. The van der Waals surface area contributed by atoms with Gasteiger partial charge in [0, 0.05) is 10.3 Å². The Morgan fingerprint density at radius 1 is 1.09 bits per heavy atom. The lowest BCUT2D eigenvalue weighted by Gasteiger charge is -2.14. The van der Waals surface area contributed by atoms with Crippen LogP contribution < -0.4 is 0 Å². The van der Waals surface area contributed by atoms with Crippen LogP contribution in [0.1, 0.15) is 23.3 Å². The number of thioether (sulfide) groups is 1.